The van der Waals surface area contributed by atoms with Gasteiger partial charge < -0.3 is 0 Å². The Balaban J connectivity index is 2.35. The van der Waals surface area contributed by atoms with Crippen molar-refractivity contribution in [3.8, 4) is 0 Å². The molecule has 1 saturated heterocycles. The molecule has 1 fully saturated rings. The Labute approximate surface area is 151 Å². The first-order valence-corrected chi connectivity index (χ1v) is 9.97. The third-order valence-corrected chi connectivity index (χ3v) is 6.52. The Kier molecular flexibility index (Phi) is 5.51. The molecule has 1 unspecified atom stereocenters. The van der Waals surface area contributed by atoms with Crippen molar-refractivity contribution in [3.05, 3.63) is 30.3 Å². The van der Waals surface area contributed by atoms with E-state index in [1.807, 2.05) is 78.8 Å². The van der Waals surface area contributed by atoms with Crippen LogP contribution in [0.1, 0.15) is 48.5 Å². The fourth-order valence-corrected chi connectivity index (χ4v) is 5.48. The summed E-state index contributed by atoms with van der Waals surface area (Å²) in [7, 11) is 0. The zero-order valence-electron chi connectivity index (χ0n) is 15.6. The summed E-state index contributed by atoms with van der Waals surface area (Å²) in [5, 5.41) is 0. The summed E-state index contributed by atoms with van der Waals surface area (Å²) >= 11 is -0.153. The van der Waals surface area contributed by atoms with E-state index in [9.17, 15) is 4.79 Å². The summed E-state index contributed by atoms with van der Waals surface area (Å²) in [6.45, 7) is 13.3. The molecular weight excluding hydrogens is 371 g/mol. The Morgan fingerprint density at radius 3 is 2.17 bits per heavy atom. The van der Waals surface area contributed by atoms with Gasteiger partial charge in [0.1, 0.15) is 0 Å². The molecule has 0 aliphatic carbocycles. The van der Waals surface area contributed by atoms with Crippen molar-refractivity contribution >= 4 is 25.4 Å². The van der Waals surface area contributed by atoms with E-state index < -0.39 is 15.7 Å². The van der Waals surface area contributed by atoms with Gasteiger partial charge in [-0.25, -0.2) is 0 Å². The number of hydrogen-bond donors (Lipinski definition) is 0. The summed E-state index contributed by atoms with van der Waals surface area (Å²) in [6.07, 6.45) is -0.523. The minimum absolute atomic E-state index is 0.153. The predicted molar refractivity (Wildman–Crippen MR) is 95.5 cm³/mol. The average molecular weight is 399 g/mol. The van der Waals surface area contributed by atoms with Gasteiger partial charge in [-0.3, -0.25) is 0 Å². The molecule has 1 aliphatic heterocycles. The zero-order chi connectivity index (χ0) is 18.2. The summed E-state index contributed by atoms with van der Waals surface area (Å²) in [5.41, 5.74) is -0.538. The first-order valence-electron chi connectivity index (χ1n) is 8.26. The third-order valence-electron chi connectivity index (χ3n) is 3.73. The number of carbonyl (C=O) groups is 1. The van der Waals surface area contributed by atoms with Crippen LogP contribution in [0.3, 0.4) is 0 Å². The van der Waals surface area contributed by atoms with Gasteiger partial charge in [-0.1, -0.05) is 0 Å². The second kappa shape index (κ2) is 6.80. The van der Waals surface area contributed by atoms with Crippen molar-refractivity contribution in [1.82, 2.24) is 0 Å². The van der Waals surface area contributed by atoms with Crippen molar-refractivity contribution in [2.24, 2.45) is 0 Å². The molecule has 0 spiro atoms. The van der Waals surface area contributed by atoms with Gasteiger partial charge in [0, 0.05) is 0 Å². The van der Waals surface area contributed by atoms with Crippen molar-refractivity contribution in [3.63, 3.8) is 0 Å². The second-order valence-electron chi connectivity index (χ2n) is 7.79. The van der Waals surface area contributed by atoms with Gasteiger partial charge in [0.25, 0.3) is 0 Å². The van der Waals surface area contributed by atoms with Crippen molar-refractivity contribution in [2.75, 3.05) is 0 Å². The van der Waals surface area contributed by atoms with Crippen LogP contribution in [0.4, 0.5) is 0 Å². The number of benzene rings is 1. The molecular formula is C19H28O4Se. The van der Waals surface area contributed by atoms with Crippen LogP contribution in [0.5, 0.6) is 0 Å². The van der Waals surface area contributed by atoms with Gasteiger partial charge >= 0.3 is 151 Å². The van der Waals surface area contributed by atoms with Gasteiger partial charge in [0.2, 0.25) is 0 Å². The molecule has 0 bridgehead atoms. The summed E-state index contributed by atoms with van der Waals surface area (Å²) in [4.78, 5) is 13.1. The van der Waals surface area contributed by atoms with Crippen LogP contribution in [-0.2, 0) is 19.0 Å². The maximum atomic E-state index is 13.1. The van der Waals surface area contributed by atoms with E-state index in [0.29, 0.717) is 0 Å². The Bertz CT molecular complexity index is 579. The normalized spacial score (nSPS) is 26.0. The van der Waals surface area contributed by atoms with E-state index in [1.54, 1.807) is 0 Å². The molecule has 0 amide bonds. The van der Waals surface area contributed by atoms with Crippen molar-refractivity contribution in [2.45, 2.75) is 76.4 Å². The van der Waals surface area contributed by atoms with E-state index >= 15 is 0 Å². The monoisotopic (exact) mass is 400 g/mol. The van der Waals surface area contributed by atoms with Crippen LogP contribution in [0.2, 0.25) is 4.31 Å². The first-order chi connectivity index (χ1) is 10.9. The van der Waals surface area contributed by atoms with Crippen LogP contribution < -0.4 is 4.46 Å². The quantitative estimate of drug-likeness (QED) is 0.577. The fourth-order valence-electron chi connectivity index (χ4n) is 2.83. The topological polar surface area (TPSA) is 44.8 Å². The second-order valence-corrected chi connectivity index (χ2v) is 11.0. The molecule has 5 heteroatoms. The molecule has 4 nitrogen and oxygen atoms in total. The first kappa shape index (κ1) is 19.5. The van der Waals surface area contributed by atoms with E-state index in [4.69, 9.17) is 14.2 Å². The molecule has 0 saturated carbocycles. The molecule has 1 aromatic rings. The fraction of sp³-hybridized carbons (Fsp3) is 0.632. The number of esters is 1. The molecule has 0 radical (unpaired) electrons. The minimum atomic E-state index is -0.769. The van der Waals surface area contributed by atoms with Crippen LogP contribution in [-0.4, -0.2) is 44.5 Å². The van der Waals surface area contributed by atoms with Crippen LogP contribution in [0.15, 0.2) is 30.3 Å². The van der Waals surface area contributed by atoms with E-state index in [-0.39, 0.29) is 33.1 Å². The third kappa shape index (κ3) is 4.60. The van der Waals surface area contributed by atoms with Crippen molar-refractivity contribution in [1.29, 1.82) is 0 Å². The maximum absolute atomic E-state index is 13.1. The van der Waals surface area contributed by atoms with Gasteiger partial charge in [-0.2, -0.15) is 0 Å². The van der Waals surface area contributed by atoms with Crippen molar-refractivity contribution < 1.29 is 19.0 Å². The van der Waals surface area contributed by atoms with Gasteiger partial charge in [0.15, 0.2) is 0 Å². The molecule has 1 aliphatic rings. The van der Waals surface area contributed by atoms with Gasteiger partial charge in [-0.05, 0) is 0 Å². The number of hydrogen-bond acceptors (Lipinski definition) is 4. The predicted octanol–water partition coefficient (Wildman–Crippen LogP) is 3.08. The summed E-state index contributed by atoms with van der Waals surface area (Å²) in [6, 6.07) is 10.1. The van der Waals surface area contributed by atoms with Gasteiger partial charge in [-0.15, -0.1) is 0 Å². The zero-order valence-corrected chi connectivity index (χ0v) is 17.3. The molecule has 1 aromatic carbocycles. The molecule has 2 rings (SSSR count). The van der Waals surface area contributed by atoms with E-state index in [2.05, 4.69) is 0 Å². The Morgan fingerprint density at radius 2 is 1.71 bits per heavy atom. The molecule has 1 heterocycles. The number of ether oxygens (including phenoxy) is 3. The molecule has 0 N–H and O–H groups in total. The number of carbonyl (C=O) groups excluding carboxylic acids is 1. The van der Waals surface area contributed by atoms with Crippen LogP contribution >= 0.6 is 0 Å². The molecule has 0 aromatic heterocycles. The molecule has 24 heavy (non-hydrogen) atoms. The van der Waals surface area contributed by atoms with Crippen LogP contribution in [0.25, 0.3) is 0 Å². The summed E-state index contributed by atoms with van der Waals surface area (Å²) in [5.74, 6) is -0.919. The molecule has 134 valence electrons. The standard InChI is InChI=1S/C19H28O4Se/c1-13-15(22-18(5,6)21-13)19(7,16(20)23-17(2,3)4)24-14-11-9-8-10-12-14/h8-13,15H,1-7H3/t13-,15-,19?/m0/s1. The summed E-state index contributed by atoms with van der Waals surface area (Å²) < 4.78 is 18.1. The Hall–Kier alpha value is -0.871. The molecule has 3 atom stereocenters. The SMILES string of the molecule is C[C@@H]1OC(C)(C)O[C@@H]1C(C)([Se]c1ccccc1)C(=O)OC(C)(C)C. The number of rotatable bonds is 4. The average Bonchev–Trinajstić information content (AvgIpc) is 2.71. The van der Waals surface area contributed by atoms with Crippen LogP contribution in [0, 0.1) is 0 Å². The van der Waals surface area contributed by atoms with E-state index in [0.717, 1.165) is 4.46 Å². The Morgan fingerprint density at radius 1 is 1.12 bits per heavy atom. The van der Waals surface area contributed by atoms with E-state index in [1.165, 1.54) is 0 Å². The van der Waals surface area contributed by atoms with Gasteiger partial charge in [0.05, 0.1) is 0 Å².